The molecule has 6 nitrogen and oxygen atoms in total. The minimum atomic E-state index is -0.990. The number of anilines is 1. The van der Waals surface area contributed by atoms with E-state index in [1.54, 1.807) is 0 Å². The summed E-state index contributed by atoms with van der Waals surface area (Å²) in [6.07, 6.45) is 1.78. The van der Waals surface area contributed by atoms with Crippen molar-refractivity contribution in [3.05, 3.63) is 16.0 Å². The van der Waals surface area contributed by atoms with Gasteiger partial charge in [-0.25, -0.2) is 4.79 Å². The lowest BCUT2D eigenvalue weighted by molar-refractivity contribution is -0.163. The van der Waals surface area contributed by atoms with Crippen molar-refractivity contribution in [1.29, 1.82) is 0 Å². The number of thiophene rings is 1. The van der Waals surface area contributed by atoms with Crippen LogP contribution in [0.25, 0.3) is 0 Å². The summed E-state index contributed by atoms with van der Waals surface area (Å²) in [4.78, 5) is 25.6. The van der Waals surface area contributed by atoms with Gasteiger partial charge >= 0.3 is 5.97 Å². The molecule has 2 aliphatic carbocycles. The number of rotatable bonds is 3. The molecule has 2 fully saturated rings. The van der Waals surface area contributed by atoms with Crippen molar-refractivity contribution in [3.8, 4) is 0 Å². The number of ether oxygens (including phenoxy) is 2. The highest BCUT2D eigenvalue weighted by Crippen LogP contribution is 2.68. The summed E-state index contributed by atoms with van der Waals surface area (Å²) in [5, 5.41) is 13.1. The topological polar surface area (TPSA) is 84.9 Å². The lowest BCUT2D eigenvalue weighted by atomic mass is 9.91. The standard InChI is InChI=1S/C19H25NO5S/c1-17(2)13(18(17,3)4)14(21)20-15-12(16(22)23)10-5-6-19(9-11(10)26-15)24-7-8-25-19/h13H,5-9H2,1-4H3,(H,20,21)(H,22,23). The Bertz CT molecular complexity index is 774. The van der Waals surface area contributed by atoms with E-state index >= 15 is 0 Å². The third-order valence-electron chi connectivity index (χ3n) is 6.82. The van der Waals surface area contributed by atoms with Crippen molar-refractivity contribution < 1.29 is 24.2 Å². The van der Waals surface area contributed by atoms with E-state index < -0.39 is 11.8 Å². The fraction of sp³-hybridized carbons (Fsp3) is 0.684. The van der Waals surface area contributed by atoms with Crippen molar-refractivity contribution in [2.45, 2.75) is 52.7 Å². The van der Waals surface area contributed by atoms with Crippen LogP contribution >= 0.6 is 11.3 Å². The fourth-order valence-electron chi connectivity index (χ4n) is 4.66. The minimum Gasteiger partial charge on any atom is -0.478 e. The summed E-state index contributed by atoms with van der Waals surface area (Å²) in [6, 6.07) is 0. The number of carboxylic acid groups (broad SMARTS) is 1. The second-order valence-corrected chi connectivity index (χ2v) is 9.77. The second-order valence-electron chi connectivity index (χ2n) is 8.66. The van der Waals surface area contributed by atoms with Crippen molar-refractivity contribution in [2.24, 2.45) is 16.7 Å². The number of hydrogen-bond donors (Lipinski definition) is 2. The monoisotopic (exact) mass is 379 g/mol. The Morgan fingerprint density at radius 1 is 1.15 bits per heavy atom. The van der Waals surface area contributed by atoms with Gasteiger partial charge in [0, 0.05) is 23.6 Å². The number of carbonyl (C=O) groups excluding carboxylic acids is 1. The van der Waals surface area contributed by atoms with Gasteiger partial charge in [0.1, 0.15) is 5.00 Å². The van der Waals surface area contributed by atoms with E-state index in [1.165, 1.54) is 11.3 Å². The Morgan fingerprint density at radius 2 is 1.77 bits per heavy atom. The van der Waals surface area contributed by atoms with Gasteiger partial charge in [0.2, 0.25) is 5.91 Å². The first kappa shape index (κ1) is 17.9. The molecule has 3 aliphatic rings. The van der Waals surface area contributed by atoms with Gasteiger partial charge in [-0.15, -0.1) is 11.3 Å². The summed E-state index contributed by atoms with van der Waals surface area (Å²) in [7, 11) is 0. The van der Waals surface area contributed by atoms with E-state index in [-0.39, 0.29) is 28.2 Å². The van der Waals surface area contributed by atoms with E-state index in [1.807, 2.05) is 0 Å². The van der Waals surface area contributed by atoms with Crippen molar-refractivity contribution in [3.63, 3.8) is 0 Å². The van der Waals surface area contributed by atoms with Gasteiger partial charge < -0.3 is 19.9 Å². The largest absolute Gasteiger partial charge is 0.478 e. The van der Waals surface area contributed by atoms with Gasteiger partial charge in [-0.05, 0) is 22.8 Å². The molecule has 26 heavy (non-hydrogen) atoms. The molecule has 0 aromatic carbocycles. The Morgan fingerprint density at radius 3 is 2.31 bits per heavy atom. The number of carboxylic acids is 1. The van der Waals surface area contributed by atoms with Crippen LogP contribution in [0.4, 0.5) is 5.00 Å². The molecule has 1 saturated heterocycles. The zero-order chi connectivity index (χ0) is 18.9. The maximum atomic E-state index is 12.8. The summed E-state index contributed by atoms with van der Waals surface area (Å²) in [5.74, 6) is -1.82. The number of nitrogens with one attached hydrogen (secondary N) is 1. The molecule has 0 unspecified atom stereocenters. The molecule has 4 rings (SSSR count). The number of aromatic carboxylic acids is 1. The van der Waals surface area contributed by atoms with Crippen LogP contribution in [-0.4, -0.2) is 36.0 Å². The van der Waals surface area contributed by atoms with Gasteiger partial charge in [-0.2, -0.15) is 0 Å². The molecule has 2 N–H and O–H groups in total. The average molecular weight is 379 g/mol. The van der Waals surface area contributed by atoms with E-state index in [0.29, 0.717) is 37.5 Å². The van der Waals surface area contributed by atoms with Gasteiger partial charge in [0.25, 0.3) is 0 Å². The van der Waals surface area contributed by atoms with E-state index in [2.05, 4.69) is 33.0 Å². The molecule has 1 aliphatic heterocycles. The van der Waals surface area contributed by atoms with Crippen molar-refractivity contribution >= 4 is 28.2 Å². The normalized spacial score (nSPS) is 25.1. The SMILES string of the molecule is CC1(C)C(C(=O)Nc2sc3c(c2C(=O)O)CCC2(C3)OCCO2)C1(C)C. The van der Waals surface area contributed by atoms with Crippen LogP contribution in [0.15, 0.2) is 0 Å². The number of carbonyl (C=O) groups is 2. The summed E-state index contributed by atoms with van der Waals surface area (Å²) in [6.45, 7) is 9.45. The predicted molar refractivity (Wildman–Crippen MR) is 97.6 cm³/mol. The zero-order valence-electron chi connectivity index (χ0n) is 15.6. The molecule has 1 saturated carbocycles. The van der Waals surface area contributed by atoms with Crippen molar-refractivity contribution in [2.75, 3.05) is 18.5 Å². The van der Waals surface area contributed by atoms with Crippen LogP contribution in [0.2, 0.25) is 0 Å². The first-order valence-electron chi connectivity index (χ1n) is 9.06. The summed E-state index contributed by atoms with van der Waals surface area (Å²) >= 11 is 1.35. The van der Waals surface area contributed by atoms with E-state index in [9.17, 15) is 14.7 Å². The van der Waals surface area contributed by atoms with Gasteiger partial charge in [-0.1, -0.05) is 27.7 Å². The Kier molecular flexibility index (Phi) is 3.82. The molecule has 7 heteroatoms. The highest BCUT2D eigenvalue weighted by Gasteiger charge is 2.68. The lowest BCUT2D eigenvalue weighted by Gasteiger charge is -2.31. The third kappa shape index (κ3) is 2.44. The molecular formula is C19H25NO5S. The van der Waals surface area contributed by atoms with E-state index in [4.69, 9.17) is 9.47 Å². The van der Waals surface area contributed by atoms with Gasteiger partial charge in [0.15, 0.2) is 5.79 Å². The molecule has 1 aromatic heterocycles. The van der Waals surface area contributed by atoms with Crippen LogP contribution in [0.5, 0.6) is 0 Å². The Hall–Kier alpha value is -1.44. The molecule has 2 heterocycles. The number of hydrogen-bond acceptors (Lipinski definition) is 5. The quantitative estimate of drug-likeness (QED) is 0.842. The van der Waals surface area contributed by atoms with Crippen LogP contribution in [0.1, 0.15) is 54.9 Å². The predicted octanol–water partition coefficient (Wildman–Crippen LogP) is 3.30. The highest BCUT2D eigenvalue weighted by atomic mass is 32.1. The molecule has 0 bridgehead atoms. The highest BCUT2D eigenvalue weighted by molar-refractivity contribution is 7.17. The molecule has 1 amide bonds. The number of amides is 1. The summed E-state index contributed by atoms with van der Waals surface area (Å²) in [5.41, 5.74) is 0.874. The fourth-order valence-corrected chi connectivity index (χ4v) is 5.99. The molecular weight excluding hydrogens is 354 g/mol. The van der Waals surface area contributed by atoms with Crippen molar-refractivity contribution in [1.82, 2.24) is 0 Å². The minimum absolute atomic E-state index is 0.0903. The smallest absolute Gasteiger partial charge is 0.339 e. The number of fused-ring (bicyclic) bond motifs is 1. The van der Waals surface area contributed by atoms with Crippen LogP contribution in [-0.2, 0) is 27.1 Å². The molecule has 142 valence electrons. The molecule has 0 radical (unpaired) electrons. The Balaban J connectivity index is 1.62. The maximum absolute atomic E-state index is 12.8. The van der Waals surface area contributed by atoms with Gasteiger partial charge in [-0.3, -0.25) is 4.79 Å². The van der Waals surface area contributed by atoms with Crippen LogP contribution in [0.3, 0.4) is 0 Å². The zero-order valence-corrected chi connectivity index (χ0v) is 16.4. The Labute approximate surface area is 156 Å². The molecule has 0 atom stereocenters. The average Bonchev–Trinajstić information content (AvgIpc) is 2.94. The summed E-state index contributed by atoms with van der Waals surface area (Å²) < 4.78 is 11.6. The van der Waals surface area contributed by atoms with E-state index in [0.717, 1.165) is 10.4 Å². The van der Waals surface area contributed by atoms with Gasteiger partial charge in [0.05, 0.1) is 18.8 Å². The molecule has 1 spiro atoms. The third-order valence-corrected chi connectivity index (χ3v) is 7.97. The second kappa shape index (κ2) is 5.53. The van der Waals surface area contributed by atoms with Crippen LogP contribution < -0.4 is 5.32 Å². The van der Waals surface area contributed by atoms with Crippen LogP contribution in [0, 0.1) is 16.7 Å². The lowest BCUT2D eigenvalue weighted by Crippen LogP contribution is -2.36. The first-order valence-corrected chi connectivity index (χ1v) is 9.87. The first-order chi connectivity index (χ1) is 12.1. The molecule has 1 aromatic rings. The maximum Gasteiger partial charge on any atom is 0.339 e.